The quantitative estimate of drug-likeness (QED) is 0.499. The Kier molecular flexibility index (Phi) is 2.23. The van der Waals surface area contributed by atoms with E-state index in [9.17, 15) is 14.5 Å². The van der Waals surface area contributed by atoms with Gasteiger partial charge in [0.1, 0.15) is 5.82 Å². The lowest BCUT2D eigenvalue weighted by molar-refractivity contribution is -0.386. The smallest absolute Gasteiger partial charge is 0.314 e. The van der Waals surface area contributed by atoms with Crippen LogP contribution in [0.4, 0.5) is 10.1 Å². The Balaban J connectivity index is 3.21. The molecule has 1 aromatic carbocycles. The lowest BCUT2D eigenvalue weighted by atomic mass is 10.3. The molecular weight excluding hydrogens is 165 g/mol. The molecule has 0 bridgehead atoms. The maximum Gasteiger partial charge on any atom is 0.314 e. The highest BCUT2D eigenvalue weighted by Crippen LogP contribution is 2.25. The van der Waals surface area contributed by atoms with Gasteiger partial charge in [0.05, 0.1) is 18.1 Å². The Morgan fingerprint density at radius 2 is 2.42 bits per heavy atom. The van der Waals surface area contributed by atoms with E-state index in [0.29, 0.717) is 0 Å². The van der Waals surface area contributed by atoms with Crippen LogP contribution in [0.2, 0.25) is 0 Å². The molecule has 0 aliphatic carbocycles. The van der Waals surface area contributed by atoms with Crippen molar-refractivity contribution in [3.63, 3.8) is 0 Å². The van der Waals surface area contributed by atoms with Crippen LogP contribution < -0.4 is 4.74 Å². The number of rotatable bonds is 2. The van der Waals surface area contributed by atoms with Gasteiger partial charge in [-0.1, -0.05) is 0 Å². The van der Waals surface area contributed by atoms with Crippen LogP contribution in [0.25, 0.3) is 0 Å². The van der Waals surface area contributed by atoms with Crippen LogP contribution in [0.1, 0.15) is 0 Å². The second-order valence-electron chi connectivity index (χ2n) is 1.99. The Morgan fingerprint density at radius 3 is 2.92 bits per heavy atom. The zero-order valence-electron chi connectivity index (χ0n) is 6.20. The first kappa shape index (κ1) is 8.45. The number of methoxy groups -OCH3 is 1. The first-order valence-electron chi connectivity index (χ1n) is 3.04. The molecule has 0 aliphatic heterocycles. The van der Waals surface area contributed by atoms with E-state index in [1.54, 1.807) is 0 Å². The van der Waals surface area contributed by atoms with Gasteiger partial charge in [-0.25, -0.2) is 4.39 Å². The number of benzene rings is 1. The van der Waals surface area contributed by atoms with E-state index in [0.717, 1.165) is 12.1 Å². The van der Waals surface area contributed by atoms with Crippen LogP contribution >= 0.6 is 0 Å². The fraction of sp³-hybridized carbons (Fsp3) is 0.143. The molecule has 1 radical (unpaired) electrons. The molecule has 0 aliphatic rings. The Labute approximate surface area is 67.7 Å². The molecule has 0 heterocycles. The summed E-state index contributed by atoms with van der Waals surface area (Å²) >= 11 is 0. The van der Waals surface area contributed by atoms with Gasteiger partial charge >= 0.3 is 5.69 Å². The molecule has 0 unspecified atom stereocenters. The molecule has 5 heteroatoms. The average molecular weight is 170 g/mol. The summed E-state index contributed by atoms with van der Waals surface area (Å²) in [5.74, 6) is -0.774. The van der Waals surface area contributed by atoms with Crippen LogP contribution in [0.5, 0.6) is 5.75 Å². The number of halogens is 1. The monoisotopic (exact) mass is 170 g/mol. The Bertz CT molecular complexity index is 314. The van der Waals surface area contributed by atoms with Crippen LogP contribution in [0, 0.1) is 22.0 Å². The number of ether oxygens (including phenoxy) is 1. The number of hydrogen-bond donors (Lipinski definition) is 0. The zero-order chi connectivity index (χ0) is 9.14. The Hall–Kier alpha value is -1.65. The lowest BCUT2D eigenvalue weighted by Gasteiger charge is -1.99. The van der Waals surface area contributed by atoms with Crippen molar-refractivity contribution in [2.45, 2.75) is 0 Å². The van der Waals surface area contributed by atoms with Crippen molar-refractivity contribution in [3.8, 4) is 5.75 Å². The van der Waals surface area contributed by atoms with Crippen molar-refractivity contribution in [2.75, 3.05) is 7.11 Å². The SMILES string of the molecule is COc1[c]cc(F)cc1[N+](=O)[O-]. The van der Waals surface area contributed by atoms with Gasteiger partial charge in [-0.2, -0.15) is 0 Å². The van der Waals surface area contributed by atoms with Crippen molar-refractivity contribution in [1.29, 1.82) is 0 Å². The third-order valence-corrected chi connectivity index (χ3v) is 1.25. The predicted molar refractivity (Wildman–Crippen MR) is 38.4 cm³/mol. The zero-order valence-corrected chi connectivity index (χ0v) is 6.20. The molecule has 0 saturated heterocycles. The molecule has 4 nitrogen and oxygen atoms in total. The summed E-state index contributed by atoms with van der Waals surface area (Å²) in [5, 5.41) is 10.3. The lowest BCUT2D eigenvalue weighted by Crippen LogP contribution is -1.94. The summed E-state index contributed by atoms with van der Waals surface area (Å²) in [5.41, 5.74) is -0.419. The van der Waals surface area contributed by atoms with E-state index < -0.39 is 16.4 Å². The molecule has 0 atom stereocenters. The van der Waals surface area contributed by atoms with Crippen molar-refractivity contribution in [2.24, 2.45) is 0 Å². The predicted octanol–water partition coefficient (Wildman–Crippen LogP) is 1.54. The van der Waals surface area contributed by atoms with Gasteiger partial charge in [0, 0.05) is 6.07 Å². The third-order valence-electron chi connectivity index (χ3n) is 1.25. The summed E-state index contributed by atoms with van der Waals surface area (Å²) in [4.78, 5) is 9.55. The molecule has 63 valence electrons. The normalized spacial score (nSPS) is 9.50. The van der Waals surface area contributed by atoms with Gasteiger partial charge in [-0.15, -0.1) is 0 Å². The van der Waals surface area contributed by atoms with E-state index in [-0.39, 0.29) is 5.75 Å². The van der Waals surface area contributed by atoms with Gasteiger partial charge < -0.3 is 4.74 Å². The average Bonchev–Trinajstić information content (AvgIpc) is 2.04. The fourth-order valence-electron chi connectivity index (χ4n) is 0.745. The van der Waals surface area contributed by atoms with E-state index >= 15 is 0 Å². The van der Waals surface area contributed by atoms with Crippen molar-refractivity contribution < 1.29 is 14.1 Å². The minimum absolute atomic E-state index is 0.0681. The molecule has 0 spiro atoms. The Morgan fingerprint density at radius 1 is 1.75 bits per heavy atom. The highest BCUT2D eigenvalue weighted by molar-refractivity contribution is 5.45. The molecule has 0 amide bonds. The highest BCUT2D eigenvalue weighted by atomic mass is 19.1. The topological polar surface area (TPSA) is 52.4 Å². The number of nitro groups is 1. The molecule has 1 aromatic rings. The maximum atomic E-state index is 12.5. The van der Waals surface area contributed by atoms with Gasteiger partial charge in [-0.05, 0) is 6.07 Å². The minimum atomic E-state index is -0.724. The molecule has 12 heavy (non-hydrogen) atoms. The largest absolute Gasteiger partial charge is 0.490 e. The standard InChI is InChI=1S/C7H5FNO3/c1-12-7-3-2-5(8)4-6(7)9(10)11/h2,4H,1H3. The van der Waals surface area contributed by atoms with Crippen LogP contribution in [-0.4, -0.2) is 12.0 Å². The van der Waals surface area contributed by atoms with Gasteiger partial charge in [0.2, 0.25) is 5.75 Å². The van der Waals surface area contributed by atoms with Crippen molar-refractivity contribution >= 4 is 5.69 Å². The summed E-state index contributed by atoms with van der Waals surface area (Å²) in [6.45, 7) is 0. The van der Waals surface area contributed by atoms with Crippen LogP contribution in [0.3, 0.4) is 0 Å². The van der Waals surface area contributed by atoms with Crippen molar-refractivity contribution in [3.05, 3.63) is 34.1 Å². The number of hydrogen-bond acceptors (Lipinski definition) is 3. The highest BCUT2D eigenvalue weighted by Gasteiger charge is 2.15. The summed E-state index contributed by atoms with van der Waals surface area (Å²) in [6.07, 6.45) is 0. The minimum Gasteiger partial charge on any atom is -0.490 e. The van der Waals surface area contributed by atoms with Crippen LogP contribution in [0.15, 0.2) is 12.1 Å². The van der Waals surface area contributed by atoms with E-state index in [4.69, 9.17) is 0 Å². The molecule has 1 rings (SSSR count). The van der Waals surface area contributed by atoms with Gasteiger partial charge in [-0.3, -0.25) is 10.1 Å². The van der Waals surface area contributed by atoms with Gasteiger partial charge in [0.15, 0.2) is 0 Å². The van der Waals surface area contributed by atoms with E-state index in [1.807, 2.05) is 0 Å². The number of nitro benzene ring substituents is 1. The first-order chi connectivity index (χ1) is 5.65. The molecule has 0 fully saturated rings. The third kappa shape index (κ3) is 1.50. The van der Waals surface area contributed by atoms with Crippen molar-refractivity contribution in [1.82, 2.24) is 0 Å². The second-order valence-corrected chi connectivity index (χ2v) is 1.99. The summed E-state index contributed by atoms with van der Waals surface area (Å²) < 4.78 is 17.1. The first-order valence-corrected chi connectivity index (χ1v) is 3.04. The van der Waals surface area contributed by atoms with E-state index in [2.05, 4.69) is 10.8 Å². The fourth-order valence-corrected chi connectivity index (χ4v) is 0.745. The number of nitrogens with zero attached hydrogens (tertiary/aromatic N) is 1. The van der Waals surface area contributed by atoms with Crippen LogP contribution in [-0.2, 0) is 0 Å². The van der Waals surface area contributed by atoms with Gasteiger partial charge in [0.25, 0.3) is 0 Å². The molecule has 0 N–H and O–H groups in total. The maximum absolute atomic E-state index is 12.5. The molecule has 0 aromatic heterocycles. The summed E-state index contributed by atoms with van der Waals surface area (Å²) in [6, 6.07) is 4.06. The molecular formula is C7H5FNO3. The second kappa shape index (κ2) is 3.17. The summed E-state index contributed by atoms with van der Waals surface area (Å²) in [7, 11) is 1.26. The van der Waals surface area contributed by atoms with E-state index in [1.165, 1.54) is 7.11 Å². The molecule has 0 saturated carbocycles.